The maximum atomic E-state index is 14.5. The van der Waals surface area contributed by atoms with Crippen molar-refractivity contribution >= 4 is 39.6 Å². The molecule has 4 heterocycles. The monoisotopic (exact) mass is 730 g/mol. The van der Waals surface area contributed by atoms with Crippen molar-refractivity contribution in [1.29, 1.82) is 0 Å². The zero-order chi connectivity index (χ0) is 34.4. The number of hydrogen-bond acceptors (Lipinski definition) is 9. The van der Waals surface area contributed by atoms with E-state index < -0.39 is 53.6 Å². The van der Waals surface area contributed by atoms with Crippen LogP contribution in [0.2, 0.25) is 0 Å². The SMILES string of the molecule is C=CCCC(=O)N[C@@H](C)[C@H](OC(=O)[C@@H]1[C@H]2O[C@@]3(CC2Br)[C@H](C(=O)N(CC=C)CCN2CCOCC2)N(CCO)C(=O)[C@@H]13)c1ccccc1. The van der Waals surface area contributed by atoms with Gasteiger partial charge in [0.25, 0.3) is 0 Å². The van der Waals surface area contributed by atoms with Gasteiger partial charge >= 0.3 is 5.97 Å². The van der Waals surface area contributed by atoms with Crippen LogP contribution < -0.4 is 5.32 Å². The fourth-order valence-electron chi connectivity index (χ4n) is 7.67. The van der Waals surface area contributed by atoms with Crippen LogP contribution in [0.4, 0.5) is 0 Å². The van der Waals surface area contributed by atoms with E-state index in [0.29, 0.717) is 44.7 Å². The molecule has 48 heavy (non-hydrogen) atoms. The molecule has 1 spiro atoms. The number of fused-ring (bicyclic) bond motifs is 1. The van der Waals surface area contributed by atoms with E-state index in [4.69, 9.17) is 14.2 Å². The number of aliphatic hydroxyl groups is 1. The molecule has 1 unspecified atom stereocenters. The van der Waals surface area contributed by atoms with Crippen molar-refractivity contribution in [3.05, 3.63) is 61.2 Å². The lowest BCUT2D eigenvalue weighted by Gasteiger charge is -2.37. The van der Waals surface area contributed by atoms with E-state index in [1.165, 1.54) is 4.90 Å². The Kier molecular flexibility index (Phi) is 12.1. The van der Waals surface area contributed by atoms with Crippen molar-refractivity contribution in [3.63, 3.8) is 0 Å². The first kappa shape index (κ1) is 36.2. The van der Waals surface area contributed by atoms with Gasteiger partial charge in [-0.25, -0.2) is 0 Å². The number of nitrogens with one attached hydrogen (secondary N) is 1. The smallest absolute Gasteiger partial charge is 0.313 e. The molecule has 0 aromatic heterocycles. The lowest BCUT2D eigenvalue weighted by molar-refractivity contribution is -0.162. The van der Waals surface area contributed by atoms with Crippen molar-refractivity contribution < 1.29 is 38.5 Å². The number of carbonyl (C=O) groups is 4. The minimum absolute atomic E-state index is 0.0813. The Balaban J connectivity index is 1.41. The number of aliphatic hydroxyl groups excluding tert-OH is 1. The summed E-state index contributed by atoms with van der Waals surface area (Å²) in [6, 6.07) is 7.51. The van der Waals surface area contributed by atoms with Crippen molar-refractivity contribution in [2.24, 2.45) is 11.8 Å². The molecule has 2 bridgehead atoms. The molecular weight excluding hydrogens is 684 g/mol. The molecule has 4 saturated heterocycles. The summed E-state index contributed by atoms with van der Waals surface area (Å²) in [4.78, 5) is 60.6. The zero-order valence-electron chi connectivity index (χ0n) is 27.5. The van der Waals surface area contributed by atoms with Gasteiger partial charge in [-0.3, -0.25) is 24.1 Å². The molecule has 0 radical (unpaired) electrons. The van der Waals surface area contributed by atoms with Gasteiger partial charge in [0.15, 0.2) is 0 Å². The third-order valence-electron chi connectivity index (χ3n) is 9.88. The highest BCUT2D eigenvalue weighted by molar-refractivity contribution is 9.09. The number of nitrogens with zero attached hydrogens (tertiary/aromatic N) is 3. The highest BCUT2D eigenvalue weighted by Crippen LogP contribution is 2.60. The summed E-state index contributed by atoms with van der Waals surface area (Å²) in [5, 5.41) is 12.9. The number of amides is 3. The van der Waals surface area contributed by atoms with Crippen molar-refractivity contribution in [1.82, 2.24) is 20.0 Å². The van der Waals surface area contributed by atoms with Crippen LogP contribution in [0.25, 0.3) is 0 Å². The fourth-order valence-corrected chi connectivity index (χ4v) is 8.62. The third kappa shape index (κ3) is 7.25. The molecule has 8 atom stereocenters. The second-order valence-electron chi connectivity index (χ2n) is 12.9. The topological polar surface area (TPSA) is 138 Å². The van der Waals surface area contributed by atoms with Gasteiger partial charge < -0.3 is 34.4 Å². The van der Waals surface area contributed by atoms with Gasteiger partial charge in [0.2, 0.25) is 17.7 Å². The molecule has 4 fully saturated rings. The number of rotatable bonds is 16. The average Bonchev–Trinajstić information content (AvgIpc) is 3.68. The van der Waals surface area contributed by atoms with Crippen LogP contribution in [-0.2, 0) is 33.4 Å². The van der Waals surface area contributed by atoms with E-state index in [1.807, 2.05) is 30.3 Å². The first-order valence-corrected chi connectivity index (χ1v) is 17.7. The summed E-state index contributed by atoms with van der Waals surface area (Å²) in [5.74, 6) is -3.56. The predicted molar refractivity (Wildman–Crippen MR) is 181 cm³/mol. The number of ether oxygens (including phenoxy) is 3. The van der Waals surface area contributed by atoms with Gasteiger partial charge in [-0.05, 0) is 25.3 Å². The lowest BCUT2D eigenvalue weighted by atomic mass is 9.70. The zero-order valence-corrected chi connectivity index (χ0v) is 29.1. The molecule has 3 amide bonds. The number of alkyl halides is 1. The number of allylic oxidation sites excluding steroid dienone is 1. The number of β-amino-alcohol motifs (C(OH)–C–C–N with tert-alkyl or cyclic N) is 1. The van der Waals surface area contributed by atoms with Gasteiger partial charge in [-0.15, -0.1) is 13.2 Å². The van der Waals surface area contributed by atoms with Crippen LogP contribution in [0.1, 0.15) is 37.9 Å². The van der Waals surface area contributed by atoms with Gasteiger partial charge in [-0.1, -0.05) is 58.4 Å². The van der Waals surface area contributed by atoms with Gasteiger partial charge in [-0.2, -0.15) is 0 Å². The van der Waals surface area contributed by atoms with Crippen LogP contribution in [0.5, 0.6) is 0 Å². The normalized spacial score (nSPS) is 29.2. The predicted octanol–water partition coefficient (Wildman–Crippen LogP) is 1.83. The maximum absolute atomic E-state index is 14.5. The van der Waals surface area contributed by atoms with E-state index in [1.54, 1.807) is 24.0 Å². The van der Waals surface area contributed by atoms with E-state index in [2.05, 4.69) is 39.3 Å². The van der Waals surface area contributed by atoms with Crippen LogP contribution in [0, 0.1) is 11.8 Å². The van der Waals surface area contributed by atoms with Gasteiger partial charge in [0.1, 0.15) is 17.7 Å². The highest BCUT2D eigenvalue weighted by atomic mass is 79.9. The molecular formula is C35H47BrN4O8. The number of carbonyl (C=O) groups excluding carboxylic acids is 4. The molecule has 262 valence electrons. The molecule has 13 heteroatoms. The molecule has 1 aromatic rings. The van der Waals surface area contributed by atoms with E-state index in [0.717, 1.165) is 13.1 Å². The van der Waals surface area contributed by atoms with Crippen LogP contribution >= 0.6 is 15.9 Å². The Morgan fingerprint density at radius 1 is 1.19 bits per heavy atom. The Morgan fingerprint density at radius 2 is 1.92 bits per heavy atom. The summed E-state index contributed by atoms with van der Waals surface area (Å²) < 4.78 is 18.3. The van der Waals surface area contributed by atoms with E-state index in [-0.39, 0.29) is 42.8 Å². The first-order chi connectivity index (χ1) is 23.2. The number of esters is 1. The van der Waals surface area contributed by atoms with Crippen LogP contribution in [0.15, 0.2) is 55.6 Å². The molecule has 0 aliphatic carbocycles. The van der Waals surface area contributed by atoms with E-state index >= 15 is 0 Å². The maximum Gasteiger partial charge on any atom is 0.313 e. The molecule has 0 saturated carbocycles. The van der Waals surface area contributed by atoms with Gasteiger partial charge in [0, 0.05) is 50.5 Å². The summed E-state index contributed by atoms with van der Waals surface area (Å²) in [5.41, 5.74) is -0.610. The number of benzene rings is 1. The summed E-state index contributed by atoms with van der Waals surface area (Å²) >= 11 is 3.70. The molecule has 4 aliphatic heterocycles. The van der Waals surface area contributed by atoms with E-state index in [9.17, 15) is 24.3 Å². The number of likely N-dealkylation sites (tertiary alicyclic amines) is 1. The number of halogens is 1. The van der Waals surface area contributed by atoms with Crippen molar-refractivity contribution in [3.8, 4) is 0 Å². The largest absolute Gasteiger partial charge is 0.455 e. The molecule has 4 aliphatic rings. The molecule has 1 aromatic carbocycles. The number of hydrogen-bond donors (Lipinski definition) is 2. The second-order valence-corrected chi connectivity index (χ2v) is 14.1. The lowest BCUT2D eigenvalue weighted by Crippen LogP contribution is -2.58. The quantitative estimate of drug-likeness (QED) is 0.148. The summed E-state index contributed by atoms with van der Waals surface area (Å²) in [6.07, 6.45) is 2.85. The molecule has 12 nitrogen and oxygen atoms in total. The van der Waals surface area contributed by atoms with Crippen LogP contribution in [-0.4, -0.2) is 131 Å². The minimum atomic E-state index is -1.29. The number of morpholine rings is 1. The summed E-state index contributed by atoms with van der Waals surface area (Å²) in [7, 11) is 0. The Bertz CT molecular complexity index is 1340. The van der Waals surface area contributed by atoms with Crippen molar-refractivity contribution in [2.75, 3.05) is 59.1 Å². The molecule has 5 rings (SSSR count). The Labute approximate surface area is 290 Å². The average molecular weight is 732 g/mol. The second kappa shape index (κ2) is 16.1. The minimum Gasteiger partial charge on any atom is -0.455 e. The third-order valence-corrected chi connectivity index (χ3v) is 10.7. The highest BCUT2D eigenvalue weighted by Gasteiger charge is 2.77. The molecule has 2 N–H and O–H groups in total. The Hall–Kier alpha value is -3.10. The Morgan fingerprint density at radius 3 is 2.58 bits per heavy atom. The summed E-state index contributed by atoms with van der Waals surface area (Å²) in [6.45, 7) is 13.0. The van der Waals surface area contributed by atoms with Gasteiger partial charge in [0.05, 0.1) is 43.8 Å². The van der Waals surface area contributed by atoms with Crippen LogP contribution in [0.3, 0.4) is 0 Å². The standard InChI is InChI=1S/C35H47BrN4O8/c1-4-6-12-26(42)37-23(3)29(24-10-8-7-9-11-24)47-34(45)27-28-32(43)40(16-19-41)31(35(28)22-25(36)30(27)48-35)33(44)39(13-5-2)15-14-38-17-20-46-21-18-38/h4-5,7-11,23,25,27-31,41H,1-2,6,12-22H2,3H3,(H,37,42)/t23-,25?,27-,28+,29-,30-,31-,35+/m0/s1. The fraction of sp³-hybridized carbons (Fsp3) is 0.600. The van der Waals surface area contributed by atoms with Crippen molar-refractivity contribution in [2.45, 2.75) is 60.9 Å². The first-order valence-electron chi connectivity index (χ1n) is 16.8.